The maximum Gasteiger partial charge on any atom is 0.338 e. The van der Waals surface area contributed by atoms with Crippen LogP contribution in [0.4, 0.5) is 11.4 Å². The smallest absolute Gasteiger partial charge is 0.338 e. The monoisotopic (exact) mass is 466 g/mol. The minimum atomic E-state index is -0.664. The lowest BCUT2D eigenvalue weighted by Crippen LogP contribution is -2.28. The number of hydrogen-bond donors (Lipinski definition) is 1. The van der Waals surface area contributed by atoms with Crippen molar-refractivity contribution >= 4 is 35.1 Å². The van der Waals surface area contributed by atoms with Gasteiger partial charge in [0.05, 0.1) is 18.1 Å². The van der Waals surface area contributed by atoms with E-state index in [0.29, 0.717) is 23.5 Å². The highest BCUT2D eigenvalue weighted by molar-refractivity contribution is 6.00. The molecule has 34 heavy (non-hydrogen) atoms. The van der Waals surface area contributed by atoms with Crippen molar-refractivity contribution in [3.8, 4) is 0 Å². The Balaban J connectivity index is 1.48. The second kappa shape index (κ2) is 12.0. The molecule has 1 N–H and O–H groups in total. The van der Waals surface area contributed by atoms with Crippen LogP contribution < -0.4 is 10.2 Å². The summed E-state index contributed by atoms with van der Waals surface area (Å²) in [6, 6.07) is 13.9. The Morgan fingerprint density at radius 2 is 1.71 bits per heavy atom. The quantitative estimate of drug-likeness (QED) is 0.423. The number of unbranched alkanes of at least 4 members (excludes halogenated alkanes) is 1. The zero-order valence-electron chi connectivity index (χ0n) is 19.5. The summed E-state index contributed by atoms with van der Waals surface area (Å²) in [7, 11) is 0. The van der Waals surface area contributed by atoms with Crippen LogP contribution in [0, 0.1) is 5.92 Å². The third-order valence-corrected chi connectivity index (χ3v) is 5.60. The minimum absolute atomic E-state index is 0.000255. The fourth-order valence-corrected chi connectivity index (χ4v) is 3.56. The van der Waals surface area contributed by atoms with E-state index in [0.717, 1.165) is 24.8 Å². The average molecular weight is 467 g/mol. The van der Waals surface area contributed by atoms with Crippen molar-refractivity contribution in [2.45, 2.75) is 39.5 Å². The molecule has 1 aliphatic rings. The predicted octanol–water partition coefficient (Wildman–Crippen LogP) is 3.74. The maximum absolute atomic E-state index is 12.5. The Morgan fingerprint density at radius 1 is 1.00 bits per heavy atom. The SMILES string of the molecule is CCCCOC(=O)c1ccc(N2C[C@@H](C(=O)OCC(=O)Nc3ccc(CC)cc3)CC2=O)cc1. The van der Waals surface area contributed by atoms with Gasteiger partial charge in [-0.3, -0.25) is 14.4 Å². The second-order valence-corrected chi connectivity index (χ2v) is 8.15. The van der Waals surface area contributed by atoms with Gasteiger partial charge in [0.25, 0.3) is 5.91 Å². The van der Waals surface area contributed by atoms with Crippen molar-refractivity contribution in [1.82, 2.24) is 0 Å². The van der Waals surface area contributed by atoms with Crippen molar-refractivity contribution in [3.05, 3.63) is 59.7 Å². The Labute approximate surface area is 199 Å². The van der Waals surface area contributed by atoms with Crippen molar-refractivity contribution < 1.29 is 28.7 Å². The number of benzene rings is 2. The van der Waals surface area contributed by atoms with Gasteiger partial charge in [0, 0.05) is 24.3 Å². The van der Waals surface area contributed by atoms with Gasteiger partial charge in [-0.2, -0.15) is 0 Å². The molecule has 180 valence electrons. The average Bonchev–Trinajstić information content (AvgIpc) is 3.25. The molecule has 0 unspecified atom stereocenters. The fraction of sp³-hybridized carbons (Fsp3) is 0.385. The molecule has 8 nitrogen and oxygen atoms in total. The molecule has 2 amide bonds. The number of nitrogens with zero attached hydrogens (tertiary/aromatic N) is 1. The number of rotatable bonds is 10. The molecule has 1 saturated heterocycles. The third kappa shape index (κ3) is 6.66. The number of amides is 2. The summed E-state index contributed by atoms with van der Waals surface area (Å²) >= 11 is 0. The number of hydrogen-bond acceptors (Lipinski definition) is 6. The molecular formula is C26H30N2O6. The lowest BCUT2D eigenvalue weighted by molar-refractivity contribution is -0.151. The summed E-state index contributed by atoms with van der Waals surface area (Å²) < 4.78 is 10.3. The van der Waals surface area contributed by atoms with Crippen LogP contribution >= 0.6 is 0 Å². The lowest BCUT2D eigenvalue weighted by Gasteiger charge is -2.17. The molecule has 2 aromatic rings. The molecule has 0 aliphatic carbocycles. The van der Waals surface area contributed by atoms with E-state index < -0.39 is 30.4 Å². The fourth-order valence-electron chi connectivity index (χ4n) is 3.56. The highest BCUT2D eigenvalue weighted by Gasteiger charge is 2.36. The second-order valence-electron chi connectivity index (χ2n) is 8.15. The number of carbonyl (C=O) groups is 4. The van der Waals surface area contributed by atoms with E-state index >= 15 is 0 Å². The van der Waals surface area contributed by atoms with Gasteiger partial charge in [0.15, 0.2) is 6.61 Å². The molecule has 0 bridgehead atoms. The van der Waals surface area contributed by atoms with E-state index in [2.05, 4.69) is 5.32 Å². The van der Waals surface area contributed by atoms with Crippen LogP contribution in [0.15, 0.2) is 48.5 Å². The number of esters is 2. The largest absolute Gasteiger partial charge is 0.462 e. The highest BCUT2D eigenvalue weighted by Crippen LogP contribution is 2.26. The molecule has 8 heteroatoms. The van der Waals surface area contributed by atoms with Gasteiger partial charge >= 0.3 is 11.9 Å². The minimum Gasteiger partial charge on any atom is -0.462 e. The summed E-state index contributed by atoms with van der Waals surface area (Å²) in [4.78, 5) is 50.5. The van der Waals surface area contributed by atoms with E-state index in [9.17, 15) is 19.2 Å². The first-order valence-corrected chi connectivity index (χ1v) is 11.5. The Bertz CT molecular complexity index is 1020. The lowest BCUT2D eigenvalue weighted by atomic mass is 10.1. The zero-order valence-corrected chi connectivity index (χ0v) is 19.5. The van der Waals surface area contributed by atoms with E-state index in [-0.39, 0.29) is 18.9 Å². The molecular weight excluding hydrogens is 436 g/mol. The number of anilines is 2. The van der Waals surface area contributed by atoms with E-state index in [1.165, 1.54) is 4.90 Å². The van der Waals surface area contributed by atoms with Crippen molar-refractivity contribution in [2.75, 3.05) is 30.0 Å². The molecule has 0 aromatic heterocycles. The van der Waals surface area contributed by atoms with Gasteiger partial charge in [-0.15, -0.1) is 0 Å². The molecule has 1 aliphatic heterocycles. The summed E-state index contributed by atoms with van der Waals surface area (Å²) in [6.45, 7) is 4.16. The van der Waals surface area contributed by atoms with E-state index in [1.807, 2.05) is 26.0 Å². The molecule has 0 saturated carbocycles. The Kier molecular flexibility index (Phi) is 8.79. The van der Waals surface area contributed by atoms with E-state index in [4.69, 9.17) is 9.47 Å². The molecule has 3 rings (SSSR count). The van der Waals surface area contributed by atoms with Crippen molar-refractivity contribution in [3.63, 3.8) is 0 Å². The normalized spacial score (nSPS) is 15.2. The maximum atomic E-state index is 12.5. The van der Waals surface area contributed by atoms with Crippen LogP contribution in [0.3, 0.4) is 0 Å². The van der Waals surface area contributed by atoms with Crippen LogP contribution in [0.2, 0.25) is 0 Å². The first-order valence-electron chi connectivity index (χ1n) is 11.5. The number of aryl methyl sites for hydroxylation is 1. The summed E-state index contributed by atoms with van der Waals surface area (Å²) in [5.41, 5.74) is 2.76. The molecule has 2 aromatic carbocycles. The number of nitrogens with one attached hydrogen (secondary N) is 1. The van der Waals surface area contributed by atoms with Crippen LogP contribution in [0.25, 0.3) is 0 Å². The van der Waals surface area contributed by atoms with Gasteiger partial charge in [-0.05, 0) is 54.8 Å². The first-order chi connectivity index (χ1) is 16.4. The van der Waals surface area contributed by atoms with Crippen molar-refractivity contribution in [2.24, 2.45) is 5.92 Å². The predicted molar refractivity (Wildman–Crippen MR) is 128 cm³/mol. The molecule has 1 fully saturated rings. The van der Waals surface area contributed by atoms with E-state index in [1.54, 1.807) is 36.4 Å². The summed E-state index contributed by atoms with van der Waals surface area (Å²) in [5.74, 6) is -2.33. The first kappa shape index (κ1) is 25.0. The van der Waals surface area contributed by atoms with Gasteiger partial charge in [-0.1, -0.05) is 32.4 Å². The van der Waals surface area contributed by atoms with Gasteiger partial charge in [-0.25, -0.2) is 4.79 Å². The Hall–Kier alpha value is -3.68. The number of ether oxygens (including phenoxy) is 2. The summed E-state index contributed by atoms with van der Waals surface area (Å²) in [6.07, 6.45) is 2.64. The van der Waals surface area contributed by atoms with Crippen molar-refractivity contribution in [1.29, 1.82) is 0 Å². The Morgan fingerprint density at radius 3 is 2.35 bits per heavy atom. The molecule has 1 atom stereocenters. The van der Waals surface area contributed by atoms with Gasteiger partial charge in [0.1, 0.15) is 0 Å². The van der Waals surface area contributed by atoms with Crippen LogP contribution in [-0.2, 0) is 30.3 Å². The van der Waals surface area contributed by atoms with Gasteiger partial charge < -0.3 is 19.7 Å². The standard InChI is InChI=1S/C26H30N2O6/c1-3-5-14-33-25(31)19-8-12-22(13-9-19)28-16-20(15-24(28)30)26(32)34-17-23(29)27-21-10-6-18(4-2)7-11-21/h6-13,20H,3-5,14-17H2,1-2H3,(H,27,29)/t20-/m0/s1. The third-order valence-electron chi connectivity index (χ3n) is 5.60. The van der Waals surface area contributed by atoms with Crippen LogP contribution in [0.1, 0.15) is 49.0 Å². The zero-order chi connectivity index (χ0) is 24.5. The van der Waals surface area contributed by atoms with Crippen LogP contribution in [0.5, 0.6) is 0 Å². The summed E-state index contributed by atoms with van der Waals surface area (Å²) in [5, 5.41) is 2.68. The topological polar surface area (TPSA) is 102 Å². The molecule has 1 heterocycles. The number of carbonyl (C=O) groups excluding carboxylic acids is 4. The van der Waals surface area contributed by atoms with Crippen LogP contribution in [-0.4, -0.2) is 43.5 Å². The molecule has 0 radical (unpaired) electrons. The molecule has 0 spiro atoms. The highest BCUT2D eigenvalue weighted by atomic mass is 16.5. The van der Waals surface area contributed by atoms with Gasteiger partial charge in [0.2, 0.25) is 5.91 Å².